The monoisotopic (exact) mass is 428 g/mol. The van der Waals surface area contributed by atoms with E-state index in [4.69, 9.17) is 9.68 Å². The molecule has 162 valence electrons. The van der Waals surface area contributed by atoms with Gasteiger partial charge in [0, 0.05) is 24.3 Å². The summed E-state index contributed by atoms with van der Waals surface area (Å²) >= 11 is 0. The normalized spacial score (nSPS) is 12.8. The van der Waals surface area contributed by atoms with E-state index in [9.17, 15) is 10.4 Å². The maximum absolute atomic E-state index is 12.3. The molecule has 0 radical (unpaired) electrons. The van der Waals surface area contributed by atoms with Crippen molar-refractivity contribution in [2.24, 2.45) is 0 Å². The third-order valence-corrected chi connectivity index (χ3v) is 5.04. The van der Waals surface area contributed by atoms with Gasteiger partial charge < -0.3 is 20.1 Å². The van der Waals surface area contributed by atoms with Crippen molar-refractivity contribution in [2.75, 3.05) is 0 Å². The van der Waals surface area contributed by atoms with Crippen molar-refractivity contribution >= 4 is 11.4 Å². The van der Waals surface area contributed by atoms with Gasteiger partial charge >= 0.3 is 0 Å². The number of hydrogen-bond donors (Lipinski definition) is 2. The molecule has 0 amide bonds. The van der Waals surface area contributed by atoms with Gasteiger partial charge in [0.2, 0.25) is 0 Å². The second-order valence-corrected chi connectivity index (χ2v) is 7.56. The van der Waals surface area contributed by atoms with E-state index in [0.717, 1.165) is 22.3 Å². The fraction of sp³-hybridized carbons (Fsp3) is 0.0769. The van der Waals surface area contributed by atoms with Crippen LogP contribution < -0.4 is 20.1 Å². The highest BCUT2D eigenvalue weighted by molar-refractivity contribution is 5.64. The zero-order valence-electron chi connectivity index (χ0n) is 17.9. The predicted octanol–water partition coefficient (Wildman–Crippen LogP) is 3.99. The minimum atomic E-state index is -0.391. The van der Waals surface area contributed by atoms with Crippen LogP contribution in [0.2, 0.25) is 0 Å². The minimum Gasteiger partial charge on any atom is -0.585 e. The molecule has 4 aromatic rings. The van der Waals surface area contributed by atoms with Gasteiger partial charge in [-0.15, -0.1) is 10.5 Å². The molecule has 6 heteroatoms. The smallest absolute Gasteiger partial charge is 0.191 e. The fourth-order valence-corrected chi connectivity index (χ4v) is 3.14. The molecule has 0 saturated carbocycles. The summed E-state index contributed by atoms with van der Waals surface area (Å²) in [6.07, 6.45) is 0. The van der Waals surface area contributed by atoms with Crippen molar-refractivity contribution in [3.8, 4) is 22.6 Å². The van der Waals surface area contributed by atoms with Crippen molar-refractivity contribution in [3.05, 3.63) is 119 Å². The van der Waals surface area contributed by atoms with Crippen molar-refractivity contribution < 1.29 is 20.1 Å². The summed E-state index contributed by atoms with van der Waals surface area (Å²) in [6.45, 7) is 3.93. The molecule has 32 heavy (non-hydrogen) atoms. The molecule has 6 nitrogen and oxygen atoms in total. The van der Waals surface area contributed by atoms with Crippen molar-refractivity contribution in [1.82, 2.24) is 0 Å². The fourth-order valence-electron chi connectivity index (χ4n) is 3.14. The average Bonchev–Trinajstić information content (AvgIpc) is 2.81. The summed E-state index contributed by atoms with van der Waals surface area (Å²) in [6, 6.07) is 29.0. The van der Waals surface area contributed by atoms with E-state index in [1.54, 1.807) is 48.5 Å². The lowest BCUT2D eigenvalue weighted by atomic mass is 10.1. The largest absolute Gasteiger partial charge is 0.585 e. The molecule has 4 rings (SSSR count). The second-order valence-electron chi connectivity index (χ2n) is 7.56. The van der Waals surface area contributed by atoms with Crippen molar-refractivity contribution in [1.29, 1.82) is 0 Å². The van der Waals surface area contributed by atoms with Crippen LogP contribution in [-0.2, 0) is 0 Å². The molecule has 0 aliphatic rings. The molecule has 0 saturated heterocycles. The predicted molar refractivity (Wildman–Crippen MR) is 123 cm³/mol. The molecule has 0 aliphatic heterocycles. The van der Waals surface area contributed by atoms with Crippen LogP contribution >= 0.6 is 0 Å². The Balaban J connectivity index is 1.38. The Morgan fingerprint density at radius 2 is 0.781 bits per heavy atom. The summed E-state index contributed by atoms with van der Waals surface area (Å²) in [5.74, 6) is 0.950. The summed E-state index contributed by atoms with van der Waals surface area (Å²) in [4.78, 5) is 10.9. The van der Waals surface area contributed by atoms with Crippen LogP contribution in [0.25, 0.3) is 11.1 Å². The van der Waals surface area contributed by atoms with Gasteiger partial charge in [-0.2, -0.15) is 0 Å². The Morgan fingerprint density at radius 1 is 0.469 bits per heavy atom. The molecule has 0 fully saturated rings. The molecule has 2 N–H and O–H groups in total. The molecular weight excluding hydrogens is 404 g/mol. The lowest BCUT2D eigenvalue weighted by molar-refractivity contribution is -0.963. The van der Waals surface area contributed by atoms with Crippen LogP contribution in [0.5, 0.6) is 11.5 Å². The number of rotatable bonds is 7. The van der Waals surface area contributed by atoms with Gasteiger partial charge in [-0.1, -0.05) is 59.7 Å². The average molecular weight is 428 g/mol. The number of hydrogen-bond acceptors (Lipinski definition) is 4. The minimum absolute atomic E-state index is 0.391. The molecular formula is C26H24N2O4. The van der Waals surface area contributed by atoms with Crippen LogP contribution in [0.4, 0.5) is 11.4 Å². The maximum atomic E-state index is 12.3. The first-order valence-corrected chi connectivity index (χ1v) is 10.3. The number of nitrogens with one attached hydrogen (secondary N) is 2. The van der Waals surface area contributed by atoms with Gasteiger partial charge in [-0.3, -0.25) is 0 Å². The maximum Gasteiger partial charge on any atom is 0.191 e. The van der Waals surface area contributed by atoms with Gasteiger partial charge in [0.05, 0.1) is 0 Å². The highest BCUT2D eigenvalue weighted by Crippen LogP contribution is 2.24. The standard InChI is InChI=1S/C26H24N2O4/c1-19-3-11-23(12-4-19)27(29)31-25-15-7-21(8-16-25)22-9-17-26(18-10-22)32-28(30)24-13-5-20(2)6-14-24/h3-18,27-28H,1-2H3. The molecule has 0 spiro atoms. The molecule has 0 heterocycles. The summed E-state index contributed by atoms with van der Waals surface area (Å²) in [7, 11) is 0. The van der Waals surface area contributed by atoms with Crippen LogP contribution in [0.15, 0.2) is 97.1 Å². The van der Waals surface area contributed by atoms with Gasteiger partial charge in [0.1, 0.15) is 0 Å². The first-order valence-electron chi connectivity index (χ1n) is 10.3. The van der Waals surface area contributed by atoms with E-state index < -0.39 is 10.5 Å². The van der Waals surface area contributed by atoms with Crippen molar-refractivity contribution in [3.63, 3.8) is 0 Å². The third-order valence-electron chi connectivity index (χ3n) is 5.04. The van der Waals surface area contributed by atoms with E-state index >= 15 is 0 Å². The Morgan fingerprint density at radius 3 is 1.09 bits per heavy atom. The van der Waals surface area contributed by atoms with E-state index in [0.29, 0.717) is 22.9 Å². The Hall–Kier alpha value is -3.68. The first kappa shape index (κ1) is 21.5. The number of benzene rings is 4. The molecule has 0 aromatic heterocycles. The highest BCUT2D eigenvalue weighted by Gasteiger charge is 2.08. The Bertz CT molecular complexity index is 1050. The van der Waals surface area contributed by atoms with Gasteiger partial charge in [-0.25, -0.2) is 0 Å². The zero-order valence-corrected chi connectivity index (χ0v) is 17.9. The lowest BCUT2D eigenvalue weighted by Gasteiger charge is -2.20. The van der Waals surface area contributed by atoms with E-state index in [-0.39, 0.29) is 0 Å². The quantitative estimate of drug-likeness (QED) is 0.437. The first-order chi connectivity index (χ1) is 15.5. The molecule has 0 bridgehead atoms. The topological polar surface area (TPSA) is 73.5 Å². The second kappa shape index (κ2) is 9.64. The van der Waals surface area contributed by atoms with E-state index in [1.807, 2.05) is 62.4 Å². The molecule has 2 unspecified atom stereocenters. The summed E-state index contributed by atoms with van der Waals surface area (Å²) in [5.41, 5.74) is 5.10. The summed E-state index contributed by atoms with van der Waals surface area (Å²) < 4.78 is 0. The molecule has 2 atom stereocenters. The van der Waals surface area contributed by atoms with Crippen LogP contribution in [-0.4, -0.2) is 0 Å². The molecule has 0 aliphatic carbocycles. The zero-order chi connectivity index (χ0) is 22.5. The van der Waals surface area contributed by atoms with E-state index in [2.05, 4.69) is 0 Å². The lowest BCUT2D eigenvalue weighted by Crippen LogP contribution is -3.04. The SMILES string of the molecule is Cc1ccc([NH+]([O-])Oc2ccc(-c3ccc(O[NH+]([O-])c4ccc(C)cc4)cc3)cc2)cc1. The van der Waals surface area contributed by atoms with Gasteiger partial charge in [-0.05, 0) is 49.2 Å². The molecule has 4 aromatic carbocycles. The third kappa shape index (κ3) is 5.32. The van der Waals surface area contributed by atoms with Crippen LogP contribution in [0.1, 0.15) is 11.1 Å². The highest BCUT2D eigenvalue weighted by atomic mass is 16.9. The van der Waals surface area contributed by atoms with Gasteiger partial charge in [0.15, 0.2) is 22.9 Å². The number of quaternary nitrogens is 2. The van der Waals surface area contributed by atoms with Gasteiger partial charge in [0.25, 0.3) is 0 Å². The number of aryl methyl sites for hydroxylation is 2. The Kier molecular flexibility index (Phi) is 6.49. The summed E-state index contributed by atoms with van der Waals surface area (Å²) in [5, 5.41) is 23.7. The van der Waals surface area contributed by atoms with Crippen molar-refractivity contribution in [2.45, 2.75) is 13.8 Å². The van der Waals surface area contributed by atoms with E-state index in [1.165, 1.54) is 0 Å². The van der Waals surface area contributed by atoms with Crippen LogP contribution in [0.3, 0.4) is 0 Å². The Labute approximate surface area is 186 Å². The van der Waals surface area contributed by atoms with Crippen LogP contribution in [0, 0.1) is 24.3 Å².